The van der Waals surface area contributed by atoms with E-state index in [1.165, 1.54) is 22.9 Å². The number of nitrogens with one attached hydrogen (secondary N) is 1. The van der Waals surface area contributed by atoms with Crippen LogP contribution in [0.2, 0.25) is 0 Å². The predicted octanol–water partition coefficient (Wildman–Crippen LogP) is 2.33. The van der Waals surface area contributed by atoms with E-state index in [-0.39, 0.29) is 33.9 Å². The van der Waals surface area contributed by atoms with Crippen molar-refractivity contribution in [1.82, 2.24) is 9.55 Å². The van der Waals surface area contributed by atoms with E-state index >= 15 is 0 Å². The highest BCUT2D eigenvalue weighted by Crippen LogP contribution is 2.38. The van der Waals surface area contributed by atoms with Crippen LogP contribution in [0.25, 0.3) is 11.1 Å². The van der Waals surface area contributed by atoms with Gasteiger partial charge in [0.05, 0.1) is 24.4 Å². The molecule has 0 aliphatic carbocycles. The number of methoxy groups -OCH3 is 1. The summed E-state index contributed by atoms with van der Waals surface area (Å²) in [6.45, 7) is 5.60. The molecule has 0 saturated heterocycles. The van der Waals surface area contributed by atoms with Crippen LogP contribution in [0.5, 0.6) is 5.75 Å². The van der Waals surface area contributed by atoms with Crippen LogP contribution < -0.4 is 20.5 Å². The first-order valence-electron chi connectivity index (χ1n) is 10.0. The number of hydrogen-bond acceptors (Lipinski definition) is 7. The summed E-state index contributed by atoms with van der Waals surface area (Å²) < 4.78 is 17.8. The number of furan rings is 1. The Morgan fingerprint density at radius 2 is 2.03 bits per heavy atom. The van der Waals surface area contributed by atoms with Crippen LogP contribution in [-0.4, -0.2) is 47.7 Å². The maximum absolute atomic E-state index is 13.1. The van der Waals surface area contributed by atoms with Gasteiger partial charge in [0.15, 0.2) is 5.60 Å². The first kappa shape index (κ1) is 21.6. The van der Waals surface area contributed by atoms with E-state index < -0.39 is 11.5 Å². The van der Waals surface area contributed by atoms with Crippen LogP contribution in [0.3, 0.4) is 0 Å². The smallest absolute Gasteiger partial charge is 0.270 e. The Morgan fingerprint density at radius 3 is 2.75 bits per heavy atom. The second kappa shape index (κ2) is 7.79. The minimum atomic E-state index is -1.03. The number of rotatable bonds is 5. The minimum absolute atomic E-state index is 0.0991. The molecule has 3 aromatic rings. The molecule has 0 fully saturated rings. The molecule has 0 saturated carbocycles. The molecule has 0 unspecified atom stereocenters. The van der Waals surface area contributed by atoms with E-state index in [2.05, 4.69) is 10.3 Å². The second-order valence-electron chi connectivity index (χ2n) is 8.06. The molecule has 2 aromatic heterocycles. The first-order valence-corrected chi connectivity index (χ1v) is 10.0. The van der Waals surface area contributed by atoms with Gasteiger partial charge in [-0.1, -0.05) is 0 Å². The topological polar surface area (TPSA) is 116 Å². The van der Waals surface area contributed by atoms with Crippen molar-refractivity contribution in [2.24, 2.45) is 0 Å². The van der Waals surface area contributed by atoms with Gasteiger partial charge in [0.1, 0.15) is 23.2 Å². The summed E-state index contributed by atoms with van der Waals surface area (Å²) in [5.74, 6) is 0.0724. The highest BCUT2D eigenvalue weighted by atomic mass is 16.5. The average Bonchev–Trinajstić information content (AvgIpc) is 3.08. The fraction of sp³-hybridized carbons (Fsp3) is 0.364. The Bertz CT molecular complexity index is 1290. The Labute approximate surface area is 183 Å². The molecular weight excluding hydrogens is 416 g/mol. The van der Waals surface area contributed by atoms with E-state index in [0.717, 1.165) is 0 Å². The van der Waals surface area contributed by atoms with Gasteiger partial charge in [-0.15, -0.1) is 0 Å². The molecule has 4 rings (SSSR count). The third kappa shape index (κ3) is 3.52. The number of anilines is 2. The zero-order chi connectivity index (χ0) is 23.2. The van der Waals surface area contributed by atoms with E-state index in [0.29, 0.717) is 30.3 Å². The molecule has 1 aromatic carbocycles. The lowest BCUT2D eigenvalue weighted by Gasteiger charge is -2.37. The molecule has 0 atom stereocenters. The summed E-state index contributed by atoms with van der Waals surface area (Å²) in [6.07, 6.45) is 1.37. The number of fused-ring (bicyclic) bond motifs is 2. The van der Waals surface area contributed by atoms with Crippen LogP contribution >= 0.6 is 0 Å². The highest BCUT2D eigenvalue weighted by Gasteiger charge is 2.39. The number of aryl methyl sites for hydroxylation is 1. The summed E-state index contributed by atoms with van der Waals surface area (Å²) in [5, 5.41) is 2.90. The lowest BCUT2D eigenvalue weighted by Crippen LogP contribution is -2.50. The largest absolute Gasteiger partial charge is 0.476 e. The van der Waals surface area contributed by atoms with E-state index in [9.17, 15) is 14.4 Å². The number of aromatic nitrogens is 2. The number of amides is 2. The molecular formula is C22H24N4O6. The number of nitrogens with zero attached hydrogens (tertiary/aromatic N) is 3. The third-order valence-electron chi connectivity index (χ3n) is 5.38. The Balaban J connectivity index is 1.69. The number of carbonyl (C=O) groups is 2. The molecule has 0 spiro atoms. The molecule has 3 heterocycles. The van der Waals surface area contributed by atoms with Crippen molar-refractivity contribution in [3.63, 3.8) is 0 Å². The van der Waals surface area contributed by atoms with Gasteiger partial charge < -0.3 is 24.1 Å². The van der Waals surface area contributed by atoms with Gasteiger partial charge in [0, 0.05) is 25.9 Å². The standard InChI is InChI=1S/C22H24N4O6/c1-12-16(17-19(31-12)23-11-26(20(17)28)8-9-30-5)18(27)24-13-6-7-14-15(10-13)32-22(2,3)21(29)25(14)4/h6-7,10-11H,8-9H2,1-5H3,(H,24,27). The SMILES string of the molecule is COCCn1cnc2oc(C)c(C(=O)Nc3ccc4c(c3)OC(C)(C)C(=O)N4C)c2c1=O. The van der Waals surface area contributed by atoms with Gasteiger partial charge in [-0.05, 0) is 32.9 Å². The normalized spacial score (nSPS) is 14.9. The van der Waals surface area contributed by atoms with Crippen LogP contribution in [0.1, 0.15) is 30.0 Å². The fourth-order valence-corrected chi connectivity index (χ4v) is 3.74. The van der Waals surface area contributed by atoms with Crippen LogP contribution in [0.15, 0.2) is 33.7 Å². The van der Waals surface area contributed by atoms with Gasteiger partial charge in [0.25, 0.3) is 17.4 Å². The maximum Gasteiger partial charge on any atom is 0.270 e. The second-order valence-corrected chi connectivity index (χ2v) is 8.06. The third-order valence-corrected chi connectivity index (χ3v) is 5.38. The summed E-state index contributed by atoms with van der Waals surface area (Å²) >= 11 is 0. The van der Waals surface area contributed by atoms with Crippen LogP contribution in [0.4, 0.5) is 11.4 Å². The quantitative estimate of drug-likeness (QED) is 0.647. The molecule has 1 aliphatic rings. The Morgan fingerprint density at radius 1 is 1.28 bits per heavy atom. The lowest BCUT2D eigenvalue weighted by atomic mass is 10.0. The van der Waals surface area contributed by atoms with Crippen molar-refractivity contribution in [2.75, 3.05) is 31.0 Å². The molecule has 0 radical (unpaired) electrons. The van der Waals surface area contributed by atoms with Crippen molar-refractivity contribution < 1.29 is 23.5 Å². The van der Waals surface area contributed by atoms with Crippen LogP contribution in [0, 0.1) is 6.92 Å². The summed E-state index contributed by atoms with van der Waals surface area (Å²) in [4.78, 5) is 44.1. The van der Waals surface area contributed by atoms with Crippen LogP contribution in [-0.2, 0) is 16.1 Å². The molecule has 1 aliphatic heterocycles. The molecule has 2 amide bonds. The summed E-state index contributed by atoms with van der Waals surface area (Å²) in [7, 11) is 3.21. The van der Waals surface area contributed by atoms with Gasteiger partial charge in [0.2, 0.25) is 5.71 Å². The van der Waals surface area contributed by atoms with Crippen molar-refractivity contribution in [1.29, 1.82) is 0 Å². The predicted molar refractivity (Wildman–Crippen MR) is 117 cm³/mol. The summed E-state index contributed by atoms with van der Waals surface area (Å²) in [6, 6.07) is 5.00. The summed E-state index contributed by atoms with van der Waals surface area (Å²) in [5.41, 5.74) is -0.143. The van der Waals surface area contributed by atoms with E-state index in [1.54, 1.807) is 46.0 Å². The minimum Gasteiger partial charge on any atom is -0.476 e. The number of ether oxygens (including phenoxy) is 2. The van der Waals surface area contributed by atoms with Gasteiger partial charge in [-0.25, -0.2) is 4.98 Å². The van der Waals surface area contributed by atoms with Gasteiger partial charge >= 0.3 is 0 Å². The average molecular weight is 440 g/mol. The van der Waals surface area contributed by atoms with E-state index in [4.69, 9.17) is 13.9 Å². The zero-order valence-corrected chi connectivity index (χ0v) is 18.5. The molecule has 0 bridgehead atoms. The Kier molecular flexibility index (Phi) is 5.25. The van der Waals surface area contributed by atoms with Gasteiger partial charge in [-0.2, -0.15) is 0 Å². The lowest BCUT2D eigenvalue weighted by molar-refractivity contribution is -0.132. The van der Waals surface area contributed by atoms with Gasteiger partial charge in [-0.3, -0.25) is 19.0 Å². The molecule has 10 heteroatoms. The fourth-order valence-electron chi connectivity index (χ4n) is 3.74. The van der Waals surface area contributed by atoms with Crippen molar-refractivity contribution in [3.05, 3.63) is 46.2 Å². The van der Waals surface area contributed by atoms with E-state index in [1.807, 2.05) is 0 Å². The molecule has 168 valence electrons. The maximum atomic E-state index is 13.1. The number of carbonyl (C=O) groups excluding carboxylic acids is 2. The molecule has 1 N–H and O–H groups in total. The zero-order valence-electron chi connectivity index (χ0n) is 18.5. The number of likely N-dealkylation sites (N-methyl/N-ethyl adjacent to an activating group) is 1. The van der Waals surface area contributed by atoms with Crippen molar-refractivity contribution in [2.45, 2.75) is 32.9 Å². The highest BCUT2D eigenvalue weighted by molar-refractivity contribution is 6.13. The monoisotopic (exact) mass is 440 g/mol. The van der Waals surface area contributed by atoms with Crippen molar-refractivity contribution >= 4 is 34.3 Å². The molecule has 10 nitrogen and oxygen atoms in total. The molecule has 32 heavy (non-hydrogen) atoms. The number of hydrogen-bond donors (Lipinski definition) is 1. The Hall–Kier alpha value is -3.66. The first-order chi connectivity index (χ1) is 15.1. The van der Waals surface area contributed by atoms with Crippen molar-refractivity contribution in [3.8, 4) is 5.75 Å². The number of benzene rings is 1.